The van der Waals surface area contributed by atoms with Crippen LogP contribution < -0.4 is 20.7 Å². The summed E-state index contributed by atoms with van der Waals surface area (Å²) in [6.45, 7) is 4.57. The van der Waals surface area contributed by atoms with Crippen LogP contribution in [0.3, 0.4) is 0 Å². The predicted molar refractivity (Wildman–Crippen MR) is 175 cm³/mol. The van der Waals surface area contributed by atoms with Gasteiger partial charge in [0.25, 0.3) is 5.91 Å². The number of hydrogen-bond donors (Lipinski definition) is 4. The van der Waals surface area contributed by atoms with Crippen LogP contribution in [0.4, 0.5) is 4.79 Å². The molecule has 0 spiro atoms. The summed E-state index contributed by atoms with van der Waals surface area (Å²) in [4.78, 5) is 55.2. The lowest BCUT2D eigenvalue weighted by Crippen LogP contribution is -2.58. The number of rotatable bonds is 14. The molecule has 2 aliphatic carbocycles. The minimum absolute atomic E-state index is 0.00122. The molecule has 2 aromatic rings. The average Bonchev–Trinajstić information content (AvgIpc) is 3.95. The number of nitrogens with one attached hydrogen (secondary N) is 3. The van der Waals surface area contributed by atoms with Gasteiger partial charge in [0.15, 0.2) is 6.10 Å². The van der Waals surface area contributed by atoms with E-state index in [0.29, 0.717) is 23.0 Å². The number of amides is 4. The molecule has 1 heterocycles. The highest BCUT2D eigenvalue weighted by Crippen LogP contribution is 2.49. The Morgan fingerprint density at radius 3 is 2.35 bits per heavy atom. The zero-order chi connectivity index (χ0) is 33.0. The summed E-state index contributed by atoms with van der Waals surface area (Å²) in [5.74, 6) is -1.52. The third-order valence-corrected chi connectivity index (χ3v) is 9.48. The van der Waals surface area contributed by atoms with Gasteiger partial charge in [0.1, 0.15) is 11.8 Å². The lowest BCUT2D eigenvalue weighted by Gasteiger charge is -2.36. The molecule has 12 heteroatoms. The monoisotopic (exact) mass is 672 g/mol. The summed E-state index contributed by atoms with van der Waals surface area (Å²) in [5, 5.41) is 20.7. The Morgan fingerprint density at radius 1 is 1.04 bits per heavy atom. The smallest absolute Gasteiger partial charge is 0.410 e. The van der Waals surface area contributed by atoms with Crippen LogP contribution in [0.15, 0.2) is 48.5 Å². The summed E-state index contributed by atoms with van der Waals surface area (Å²) in [7, 11) is 0. The molecule has 2 saturated carbocycles. The van der Waals surface area contributed by atoms with Crippen LogP contribution in [0, 0.1) is 11.8 Å². The number of aliphatic hydroxyl groups excluding tert-OH is 1. The van der Waals surface area contributed by atoms with Gasteiger partial charge in [-0.3, -0.25) is 19.3 Å². The van der Waals surface area contributed by atoms with Crippen molar-refractivity contribution in [2.24, 2.45) is 11.8 Å². The van der Waals surface area contributed by atoms with Gasteiger partial charge in [-0.15, -0.1) is 0 Å². The van der Waals surface area contributed by atoms with Crippen LogP contribution in [-0.4, -0.2) is 71.1 Å². The van der Waals surface area contributed by atoms with Crippen molar-refractivity contribution in [3.8, 4) is 5.75 Å². The fourth-order valence-electron chi connectivity index (χ4n) is 6.04. The second kappa shape index (κ2) is 14.6. The van der Waals surface area contributed by atoms with E-state index in [0.717, 1.165) is 31.2 Å². The number of aliphatic hydroxyl groups is 1. The molecule has 1 aliphatic heterocycles. The number of benzene rings is 2. The second-order valence-corrected chi connectivity index (χ2v) is 14.1. The van der Waals surface area contributed by atoms with Crippen LogP contribution in [-0.2, 0) is 19.8 Å². The minimum Gasteiger partial charge on any atom is -0.410 e. The van der Waals surface area contributed by atoms with E-state index in [-0.39, 0.29) is 43.0 Å². The minimum atomic E-state index is -1.58. The third kappa shape index (κ3) is 8.72. The van der Waals surface area contributed by atoms with Gasteiger partial charge in [0.05, 0.1) is 6.04 Å². The number of carbonyl (C=O) groups is 4. The van der Waals surface area contributed by atoms with E-state index >= 15 is 0 Å². The fraction of sp³-hybridized carbons (Fsp3) is 0.529. The predicted octanol–water partition coefficient (Wildman–Crippen LogP) is 4.59. The molecule has 0 bridgehead atoms. The van der Waals surface area contributed by atoms with Crippen molar-refractivity contribution < 1.29 is 29.0 Å². The second-order valence-electron chi connectivity index (χ2n) is 13.2. The lowest BCUT2D eigenvalue weighted by molar-refractivity contribution is -0.135. The highest BCUT2D eigenvalue weighted by molar-refractivity contribution is 6.30. The van der Waals surface area contributed by atoms with Gasteiger partial charge in [-0.1, -0.05) is 49.2 Å². The first-order valence-corrected chi connectivity index (χ1v) is 16.8. The first kappa shape index (κ1) is 34.0. The number of ether oxygens (including phenoxy) is 1. The molecule has 2 aromatic carbocycles. The Morgan fingerprint density at radius 2 is 1.76 bits per heavy atom. The van der Waals surface area contributed by atoms with E-state index in [1.807, 2.05) is 32.0 Å². The number of halogens is 2. The molecular weight excluding hydrogens is 631 g/mol. The highest BCUT2D eigenvalue weighted by atomic mass is 35.5. The molecular formula is C34H42Cl2N4O6. The molecule has 10 nitrogen and oxygen atoms in total. The molecule has 1 saturated heterocycles. The standard InChI is InChI=1S/C34H42Cl2N4O6/c1-20(2)16-28(31(43)39-27(17-21-12-15-37-30(21)42)29(41)32(44)38-25-8-9-25)40(33(45)46-26-10-6-23(35)7-11-26)19-34(13-14-34)22-4-3-5-24(36)18-22/h3-7,10-11,18,20-21,25,27-29,41H,8-9,12-17,19H2,1-2H3,(H,37,42)(H,38,44)(H,39,43)/t21-,27-,28-,29?/m0/s1. The van der Waals surface area contributed by atoms with Crippen molar-refractivity contribution >= 4 is 47.0 Å². The summed E-state index contributed by atoms with van der Waals surface area (Å²) < 4.78 is 5.80. The van der Waals surface area contributed by atoms with Gasteiger partial charge in [-0.05, 0) is 92.8 Å². The zero-order valence-electron chi connectivity index (χ0n) is 26.1. The van der Waals surface area contributed by atoms with Crippen LogP contribution in [0.5, 0.6) is 5.75 Å². The normalized spacial score (nSPS) is 20.3. The maximum atomic E-state index is 14.3. The molecule has 4 N–H and O–H groups in total. The molecule has 3 fully saturated rings. The Labute approximate surface area is 279 Å². The van der Waals surface area contributed by atoms with E-state index in [1.54, 1.807) is 30.3 Å². The summed E-state index contributed by atoms with van der Waals surface area (Å²) in [5.41, 5.74) is 0.537. The molecule has 4 atom stereocenters. The summed E-state index contributed by atoms with van der Waals surface area (Å²) in [6.07, 6.45) is 1.83. The van der Waals surface area contributed by atoms with E-state index < -0.39 is 47.4 Å². The highest BCUT2D eigenvalue weighted by Gasteiger charge is 2.49. The van der Waals surface area contributed by atoms with Crippen LogP contribution in [0.2, 0.25) is 10.0 Å². The van der Waals surface area contributed by atoms with Gasteiger partial charge < -0.3 is 25.8 Å². The van der Waals surface area contributed by atoms with Crippen LogP contribution in [0.1, 0.15) is 64.4 Å². The Kier molecular flexibility index (Phi) is 10.8. The van der Waals surface area contributed by atoms with E-state index in [9.17, 15) is 24.3 Å². The Balaban J connectivity index is 1.44. The van der Waals surface area contributed by atoms with E-state index in [4.69, 9.17) is 27.9 Å². The van der Waals surface area contributed by atoms with Crippen LogP contribution in [0.25, 0.3) is 0 Å². The first-order chi connectivity index (χ1) is 21.9. The number of nitrogens with zero attached hydrogens (tertiary/aromatic N) is 1. The fourth-order valence-corrected chi connectivity index (χ4v) is 6.36. The molecule has 4 amide bonds. The molecule has 0 aromatic heterocycles. The summed E-state index contributed by atoms with van der Waals surface area (Å²) >= 11 is 12.4. The Hall–Kier alpha value is -3.34. The third-order valence-electron chi connectivity index (χ3n) is 8.99. The molecule has 5 rings (SSSR count). The van der Waals surface area contributed by atoms with Crippen molar-refractivity contribution in [3.05, 3.63) is 64.1 Å². The van der Waals surface area contributed by atoms with E-state index in [2.05, 4.69) is 16.0 Å². The largest absolute Gasteiger partial charge is 0.415 e. The van der Waals surface area contributed by atoms with Gasteiger partial charge in [0.2, 0.25) is 11.8 Å². The van der Waals surface area contributed by atoms with Gasteiger partial charge in [-0.2, -0.15) is 0 Å². The SMILES string of the molecule is CC(C)C[C@@H](C(=O)N[C@@H](C[C@@H]1CCNC1=O)C(O)C(=O)NC1CC1)N(CC1(c2cccc(Cl)c2)CC1)C(=O)Oc1ccc(Cl)cc1. The van der Waals surface area contributed by atoms with Crippen molar-refractivity contribution in [2.45, 2.75) is 88.4 Å². The van der Waals surface area contributed by atoms with Crippen molar-refractivity contribution in [2.75, 3.05) is 13.1 Å². The number of carbonyl (C=O) groups excluding carboxylic acids is 4. The zero-order valence-corrected chi connectivity index (χ0v) is 27.7. The molecule has 1 unspecified atom stereocenters. The van der Waals surface area contributed by atoms with Crippen molar-refractivity contribution in [1.82, 2.24) is 20.9 Å². The van der Waals surface area contributed by atoms with Crippen molar-refractivity contribution in [1.29, 1.82) is 0 Å². The first-order valence-electron chi connectivity index (χ1n) is 16.0. The quantitative estimate of drug-likeness (QED) is 0.232. The topological polar surface area (TPSA) is 137 Å². The number of hydrogen-bond acceptors (Lipinski definition) is 6. The van der Waals surface area contributed by atoms with Crippen molar-refractivity contribution in [3.63, 3.8) is 0 Å². The van der Waals surface area contributed by atoms with Gasteiger partial charge in [0, 0.05) is 40.5 Å². The molecule has 46 heavy (non-hydrogen) atoms. The Bertz CT molecular complexity index is 1430. The molecule has 248 valence electrons. The molecule has 3 aliphatic rings. The van der Waals surface area contributed by atoms with E-state index in [1.165, 1.54) is 4.90 Å². The maximum Gasteiger partial charge on any atom is 0.415 e. The van der Waals surface area contributed by atoms with Gasteiger partial charge >= 0.3 is 6.09 Å². The average molecular weight is 674 g/mol. The summed E-state index contributed by atoms with van der Waals surface area (Å²) in [6, 6.07) is 11.8. The molecule has 0 radical (unpaired) electrons. The van der Waals surface area contributed by atoms with Gasteiger partial charge in [-0.25, -0.2) is 4.79 Å². The maximum absolute atomic E-state index is 14.3. The van der Waals surface area contributed by atoms with Crippen LogP contribution >= 0.6 is 23.2 Å². The lowest BCUT2D eigenvalue weighted by atomic mass is 9.92.